The fraction of sp³-hybridized carbons (Fsp3) is 0.286. The topological polar surface area (TPSA) is 22.0 Å². The van der Waals surface area contributed by atoms with Crippen molar-refractivity contribution in [3.8, 4) is 0 Å². The van der Waals surface area contributed by atoms with Gasteiger partial charge in [0.2, 0.25) is 6.41 Å². The highest BCUT2D eigenvalue weighted by molar-refractivity contribution is 9.09. The van der Waals surface area contributed by atoms with Gasteiger partial charge in [-0.3, -0.25) is 9.36 Å². The summed E-state index contributed by atoms with van der Waals surface area (Å²) >= 11 is 6.66. The molecule has 0 radical (unpaired) electrons. The summed E-state index contributed by atoms with van der Waals surface area (Å²) in [6, 6.07) is 1.93. The molecule has 0 aromatic carbocycles. The van der Waals surface area contributed by atoms with Gasteiger partial charge in [0.1, 0.15) is 0 Å². The van der Waals surface area contributed by atoms with Crippen LogP contribution in [0.1, 0.15) is 11.3 Å². The van der Waals surface area contributed by atoms with Gasteiger partial charge in [-0.1, -0.05) is 31.9 Å². The first kappa shape index (κ1) is 9.00. The van der Waals surface area contributed by atoms with Crippen LogP contribution in [-0.4, -0.2) is 11.0 Å². The average Bonchev–Trinajstić information content (AvgIpc) is 2.45. The van der Waals surface area contributed by atoms with E-state index in [0.29, 0.717) is 5.33 Å². The average molecular weight is 281 g/mol. The molecule has 0 amide bonds. The molecular formula is C7H7Br2NO. The summed E-state index contributed by atoms with van der Waals surface area (Å²) < 4.78 is 1.57. The predicted octanol–water partition coefficient (Wildman–Crippen LogP) is 2.32. The molecule has 0 saturated carbocycles. The van der Waals surface area contributed by atoms with Crippen molar-refractivity contribution in [2.45, 2.75) is 10.7 Å². The summed E-state index contributed by atoms with van der Waals surface area (Å²) in [5, 5.41) is 1.49. The Morgan fingerprint density at radius 2 is 2.18 bits per heavy atom. The van der Waals surface area contributed by atoms with E-state index in [2.05, 4.69) is 31.9 Å². The van der Waals surface area contributed by atoms with Gasteiger partial charge < -0.3 is 0 Å². The van der Waals surface area contributed by atoms with E-state index in [4.69, 9.17) is 0 Å². The van der Waals surface area contributed by atoms with Gasteiger partial charge >= 0.3 is 0 Å². The number of rotatable bonds is 3. The van der Waals surface area contributed by atoms with Crippen LogP contribution in [0, 0.1) is 0 Å². The first-order valence-electron chi connectivity index (χ1n) is 3.09. The number of carbonyl (C=O) groups is 1. The van der Waals surface area contributed by atoms with E-state index in [0.717, 1.165) is 23.0 Å². The molecule has 0 unspecified atom stereocenters. The standard InChI is InChI=1S/C7H7Br2NO/c8-3-6-1-2-10(5-11)7(6)4-9/h1-2,5H,3-4H2. The predicted molar refractivity (Wildman–Crippen MR) is 51.8 cm³/mol. The lowest BCUT2D eigenvalue weighted by Gasteiger charge is -1.98. The van der Waals surface area contributed by atoms with Crippen LogP contribution in [0.5, 0.6) is 0 Å². The van der Waals surface area contributed by atoms with Gasteiger partial charge in [0.25, 0.3) is 0 Å². The lowest BCUT2D eigenvalue weighted by atomic mass is 10.3. The van der Waals surface area contributed by atoms with Gasteiger partial charge in [-0.25, -0.2) is 0 Å². The molecule has 0 aliphatic rings. The Bertz CT molecular complexity index is 257. The summed E-state index contributed by atoms with van der Waals surface area (Å²) in [7, 11) is 0. The zero-order valence-electron chi connectivity index (χ0n) is 5.76. The Morgan fingerprint density at radius 3 is 2.64 bits per heavy atom. The minimum Gasteiger partial charge on any atom is -0.293 e. The van der Waals surface area contributed by atoms with Gasteiger partial charge in [0.05, 0.1) is 0 Å². The van der Waals surface area contributed by atoms with Crippen molar-refractivity contribution in [2.24, 2.45) is 0 Å². The van der Waals surface area contributed by atoms with Crippen molar-refractivity contribution in [1.82, 2.24) is 4.57 Å². The Labute approximate surface area is 81.8 Å². The molecule has 1 aromatic rings. The van der Waals surface area contributed by atoms with Crippen molar-refractivity contribution in [3.63, 3.8) is 0 Å². The number of hydrogen-bond donors (Lipinski definition) is 0. The fourth-order valence-corrected chi connectivity index (χ4v) is 2.06. The monoisotopic (exact) mass is 279 g/mol. The first-order valence-corrected chi connectivity index (χ1v) is 5.33. The van der Waals surface area contributed by atoms with Crippen LogP contribution in [0.2, 0.25) is 0 Å². The maximum atomic E-state index is 10.4. The van der Waals surface area contributed by atoms with Gasteiger partial charge in [-0.05, 0) is 11.6 Å². The number of halogens is 2. The van der Waals surface area contributed by atoms with Gasteiger partial charge in [-0.2, -0.15) is 0 Å². The maximum Gasteiger partial charge on any atom is 0.217 e. The maximum absolute atomic E-state index is 10.4. The molecule has 1 aromatic heterocycles. The molecule has 0 atom stereocenters. The second kappa shape index (κ2) is 4.07. The third-order valence-corrected chi connectivity index (χ3v) is 2.64. The number of nitrogens with zero attached hydrogens (tertiary/aromatic N) is 1. The van der Waals surface area contributed by atoms with Gasteiger partial charge in [0, 0.05) is 22.6 Å². The van der Waals surface area contributed by atoms with Crippen LogP contribution in [-0.2, 0) is 15.5 Å². The zero-order valence-corrected chi connectivity index (χ0v) is 8.93. The van der Waals surface area contributed by atoms with E-state index in [-0.39, 0.29) is 0 Å². The lowest BCUT2D eigenvalue weighted by molar-refractivity contribution is 0.546. The summed E-state index contributed by atoms with van der Waals surface area (Å²) in [4.78, 5) is 10.4. The van der Waals surface area contributed by atoms with Crippen LogP contribution < -0.4 is 0 Å². The molecule has 0 saturated heterocycles. The molecule has 11 heavy (non-hydrogen) atoms. The number of hydrogen-bond acceptors (Lipinski definition) is 1. The normalized spacial score (nSPS) is 10.0. The molecule has 60 valence electrons. The molecule has 2 nitrogen and oxygen atoms in total. The highest BCUT2D eigenvalue weighted by atomic mass is 79.9. The zero-order chi connectivity index (χ0) is 8.27. The molecule has 0 bridgehead atoms. The van der Waals surface area contributed by atoms with E-state index in [1.165, 1.54) is 0 Å². The molecule has 0 N–H and O–H groups in total. The van der Waals surface area contributed by atoms with E-state index in [1.54, 1.807) is 10.8 Å². The Hall–Kier alpha value is -0.0900. The van der Waals surface area contributed by atoms with E-state index < -0.39 is 0 Å². The van der Waals surface area contributed by atoms with Gasteiger partial charge in [-0.15, -0.1) is 0 Å². The van der Waals surface area contributed by atoms with Crippen LogP contribution in [0.15, 0.2) is 12.3 Å². The lowest BCUT2D eigenvalue weighted by Crippen LogP contribution is -1.98. The smallest absolute Gasteiger partial charge is 0.217 e. The number of aromatic nitrogens is 1. The number of carbonyl (C=O) groups excluding carboxylic acids is 1. The minimum atomic E-state index is 0.708. The van der Waals surface area contributed by atoms with Crippen LogP contribution in [0.25, 0.3) is 0 Å². The van der Waals surface area contributed by atoms with Gasteiger partial charge in [0.15, 0.2) is 0 Å². The third kappa shape index (κ3) is 1.73. The number of alkyl halides is 2. The Kier molecular flexibility index (Phi) is 3.33. The fourth-order valence-electron chi connectivity index (χ4n) is 0.898. The highest BCUT2D eigenvalue weighted by Crippen LogP contribution is 2.16. The summed E-state index contributed by atoms with van der Waals surface area (Å²) in [6.45, 7) is 0. The second-order valence-electron chi connectivity index (χ2n) is 2.07. The quantitative estimate of drug-likeness (QED) is 0.615. The summed E-state index contributed by atoms with van der Waals surface area (Å²) in [5.41, 5.74) is 2.16. The molecule has 1 rings (SSSR count). The van der Waals surface area contributed by atoms with Crippen molar-refractivity contribution < 1.29 is 4.79 Å². The molecule has 1 heterocycles. The highest BCUT2D eigenvalue weighted by Gasteiger charge is 2.04. The van der Waals surface area contributed by atoms with Crippen molar-refractivity contribution >= 4 is 38.3 Å². The van der Waals surface area contributed by atoms with E-state index in [9.17, 15) is 4.79 Å². The molecular weight excluding hydrogens is 274 g/mol. The van der Waals surface area contributed by atoms with Crippen LogP contribution in [0.3, 0.4) is 0 Å². The third-order valence-electron chi connectivity index (χ3n) is 1.50. The summed E-state index contributed by atoms with van der Waals surface area (Å²) in [6.07, 6.45) is 2.57. The molecule has 4 heteroatoms. The molecule has 0 fully saturated rings. The molecule has 0 spiro atoms. The Balaban J connectivity index is 3.08. The summed E-state index contributed by atoms with van der Waals surface area (Å²) in [5.74, 6) is 0. The van der Waals surface area contributed by atoms with Crippen molar-refractivity contribution in [3.05, 3.63) is 23.5 Å². The largest absolute Gasteiger partial charge is 0.293 e. The first-order chi connectivity index (χ1) is 5.33. The Morgan fingerprint density at radius 1 is 1.45 bits per heavy atom. The van der Waals surface area contributed by atoms with Crippen LogP contribution >= 0.6 is 31.9 Å². The minimum absolute atomic E-state index is 0.708. The van der Waals surface area contributed by atoms with E-state index in [1.807, 2.05) is 6.07 Å². The molecule has 0 aliphatic heterocycles. The molecule has 0 aliphatic carbocycles. The van der Waals surface area contributed by atoms with Crippen molar-refractivity contribution in [1.29, 1.82) is 0 Å². The SMILES string of the molecule is O=Cn1ccc(CBr)c1CBr. The van der Waals surface area contributed by atoms with Crippen molar-refractivity contribution in [2.75, 3.05) is 0 Å². The second-order valence-corrected chi connectivity index (χ2v) is 3.19. The van der Waals surface area contributed by atoms with Crippen LogP contribution in [0.4, 0.5) is 0 Å². The van der Waals surface area contributed by atoms with E-state index >= 15 is 0 Å².